The van der Waals surface area contributed by atoms with Crippen molar-refractivity contribution in [1.82, 2.24) is 14.8 Å². The van der Waals surface area contributed by atoms with Crippen molar-refractivity contribution in [3.63, 3.8) is 0 Å². The fourth-order valence-electron chi connectivity index (χ4n) is 5.02. The first-order valence-electron chi connectivity index (χ1n) is 11.9. The summed E-state index contributed by atoms with van der Waals surface area (Å²) in [5.41, 5.74) is 1.25. The van der Waals surface area contributed by atoms with E-state index in [2.05, 4.69) is 5.32 Å². The molecule has 5 rings (SSSR count). The van der Waals surface area contributed by atoms with E-state index in [1.807, 2.05) is 60.0 Å². The van der Waals surface area contributed by atoms with Gasteiger partial charge >= 0.3 is 0 Å². The maximum atomic E-state index is 13.9. The number of hydrogen-bond donors (Lipinski definition) is 1. The summed E-state index contributed by atoms with van der Waals surface area (Å²) < 4.78 is 18.3. The number of ether oxygens (including phenoxy) is 3. The number of nitrogens with one attached hydrogen (secondary N) is 1. The number of hydrogen-bond acceptors (Lipinski definition) is 5. The quantitative estimate of drug-likeness (QED) is 0.564. The molecule has 3 aromatic rings. The molecule has 2 atom stereocenters. The lowest BCUT2D eigenvalue weighted by molar-refractivity contribution is -0.133. The van der Waals surface area contributed by atoms with Crippen LogP contribution >= 0.6 is 0 Å². The molecule has 8 nitrogen and oxygen atoms in total. The molecule has 184 valence electrons. The lowest BCUT2D eigenvalue weighted by Crippen LogP contribution is -2.64. The zero-order chi connectivity index (χ0) is 24.6. The number of nitrogens with zero attached hydrogens (tertiary/aromatic N) is 2. The normalized spacial score (nSPS) is 21.7. The Morgan fingerprint density at radius 3 is 2.54 bits per heavy atom. The predicted octanol–water partition coefficient (Wildman–Crippen LogP) is 3.37. The molecule has 2 amide bonds. The third-order valence-electron chi connectivity index (χ3n) is 7.14. The van der Waals surface area contributed by atoms with Gasteiger partial charge in [-0.25, -0.2) is 0 Å². The minimum Gasteiger partial charge on any atom is -0.497 e. The highest BCUT2D eigenvalue weighted by Gasteiger charge is 2.47. The summed E-state index contributed by atoms with van der Waals surface area (Å²) in [6, 6.07) is 15.2. The van der Waals surface area contributed by atoms with E-state index in [0.717, 1.165) is 41.7 Å². The molecular formula is C27H31N3O5. The number of amides is 2. The molecule has 1 aromatic heterocycles. The number of methoxy groups -OCH3 is 2. The van der Waals surface area contributed by atoms with Crippen molar-refractivity contribution in [2.75, 3.05) is 27.4 Å². The molecule has 2 aromatic carbocycles. The van der Waals surface area contributed by atoms with Crippen molar-refractivity contribution in [1.29, 1.82) is 0 Å². The Balaban J connectivity index is 1.52. The highest BCUT2D eigenvalue weighted by Crippen LogP contribution is 2.35. The summed E-state index contributed by atoms with van der Waals surface area (Å²) in [6.07, 6.45) is 1.95. The highest BCUT2D eigenvalue weighted by atomic mass is 16.5. The van der Waals surface area contributed by atoms with Gasteiger partial charge in [0.15, 0.2) is 0 Å². The molecule has 0 radical (unpaired) electrons. The number of aromatic nitrogens is 1. The summed E-state index contributed by atoms with van der Waals surface area (Å²) >= 11 is 0. The van der Waals surface area contributed by atoms with Crippen molar-refractivity contribution < 1.29 is 23.8 Å². The Bertz CT molecular complexity index is 1250. The van der Waals surface area contributed by atoms with Gasteiger partial charge in [0, 0.05) is 31.1 Å². The Labute approximate surface area is 204 Å². The van der Waals surface area contributed by atoms with Crippen molar-refractivity contribution >= 4 is 22.7 Å². The molecule has 2 unspecified atom stereocenters. The first kappa shape index (κ1) is 23.2. The van der Waals surface area contributed by atoms with Crippen LogP contribution in [0.15, 0.2) is 48.5 Å². The predicted molar refractivity (Wildman–Crippen MR) is 132 cm³/mol. The molecule has 0 bridgehead atoms. The Morgan fingerprint density at radius 2 is 1.86 bits per heavy atom. The molecule has 8 heteroatoms. The van der Waals surface area contributed by atoms with Gasteiger partial charge in [0.05, 0.1) is 32.4 Å². The molecule has 0 saturated carbocycles. The molecular weight excluding hydrogens is 446 g/mol. The molecule has 35 heavy (non-hydrogen) atoms. The molecule has 2 aliphatic rings. The van der Waals surface area contributed by atoms with Crippen LogP contribution in [-0.2, 0) is 22.6 Å². The zero-order valence-corrected chi connectivity index (χ0v) is 20.4. The third-order valence-corrected chi connectivity index (χ3v) is 7.14. The second-order valence-electron chi connectivity index (χ2n) is 9.40. The molecule has 2 aliphatic heterocycles. The van der Waals surface area contributed by atoms with Crippen LogP contribution in [-0.4, -0.2) is 60.3 Å². The average molecular weight is 478 g/mol. The second-order valence-corrected chi connectivity index (χ2v) is 9.40. The van der Waals surface area contributed by atoms with E-state index in [9.17, 15) is 9.59 Å². The molecule has 1 saturated heterocycles. The Hall–Kier alpha value is -3.52. The van der Waals surface area contributed by atoms with Crippen molar-refractivity contribution in [3.8, 4) is 11.5 Å². The van der Waals surface area contributed by atoms with Crippen molar-refractivity contribution in [2.45, 2.75) is 44.5 Å². The second kappa shape index (κ2) is 9.26. The summed E-state index contributed by atoms with van der Waals surface area (Å²) in [6.45, 7) is 3.64. The monoisotopic (exact) mass is 477 g/mol. The number of carbonyl (C=O) groups is 2. The van der Waals surface area contributed by atoms with Crippen LogP contribution in [0.3, 0.4) is 0 Å². The zero-order valence-electron chi connectivity index (χ0n) is 20.4. The summed E-state index contributed by atoms with van der Waals surface area (Å²) in [4.78, 5) is 29.3. The number of rotatable bonds is 7. The minimum atomic E-state index is -1.10. The first-order valence-corrected chi connectivity index (χ1v) is 11.9. The topological polar surface area (TPSA) is 82.0 Å². The smallest absolute Gasteiger partial charge is 0.271 e. The maximum absolute atomic E-state index is 13.9. The largest absolute Gasteiger partial charge is 0.497 e. The third kappa shape index (κ3) is 4.23. The van der Waals surface area contributed by atoms with E-state index < -0.39 is 5.54 Å². The van der Waals surface area contributed by atoms with E-state index in [1.165, 1.54) is 0 Å². The number of fused-ring (bicyclic) bond motifs is 3. The van der Waals surface area contributed by atoms with Crippen LogP contribution in [0.4, 0.5) is 0 Å². The lowest BCUT2D eigenvalue weighted by atomic mass is 9.93. The van der Waals surface area contributed by atoms with Crippen LogP contribution < -0.4 is 14.8 Å². The van der Waals surface area contributed by atoms with Gasteiger partial charge in [-0.1, -0.05) is 12.1 Å². The summed E-state index contributed by atoms with van der Waals surface area (Å²) in [5.74, 6) is 1.07. The number of benzene rings is 2. The summed E-state index contributed by atoms with van der Waals surface area (Å²) in [7, 11) is 3.23. The van der Waals surface area contributed by atoms with Gasteiger partial charge in [0.2, 0.25) is 5.91 Å². The van der Waals surface area contributed by atoms with E-state index in [0.29, 0.717) is 31.1 Å². The minimum absolute atomic E-state index is 0.0177. The van der Waals surface area contributed by atoms with Crippen LogP contribution in [0, 0.1) is 0 Å². The van der Waals surface area contributed by atoms with E-state index in [-0.39, 0.29) is 17.9 Å². The van der Waals surface area contributed by atoms with Gasteiger partial charge in [-0.3, -0.25) is 9.59 Å². The van der Waals surface area contributed by atoms with Crippen LogP contribution in [0.5, 0.6) is 11.5 Å². The van der Waals surface area contributed by atoms with Crippen molar-refractivity contribution in [2.24, 2.45) is 0 Å². The number of carbonyl (C=O) groups excluding carboxylic acids is 2. The van der Waals surface area contributed by atoms with Crippen LogP contribution in [0.25, 0.3) is 10.9 Å². The van der Waals surface area contributed by atoms with E-state index in [4.69, 9.17) is 14.2 Å². The highest BCUT2D eigenvalue weighted by molar-refractivity contribution is 6.03. The fourth-order valence-corrected chi connectivity index (χ4v) is 5.02. The molecule has 1 fully saturated rings. The molecule has 3 heterocycles. The van der Waals surface area contributed by atoms with Crippen molar-refractivity contribution in [3.05, 3.63) is 59.8 Å². The van der Waals surface area contributed by atoms with Gasteiger partial charge in [-0.2, -0.15) is 0 Å². The lowest BCUT2D eigenvalue weighted by Gasteiger charge is -2.44. The Kier molecular flexibility index (Phi) is 6.15. The van der Waals surface area contributed by atoms with E-state index in [1.54, 1.807) is 19.1 Å². The standard InChI is InChI=1S/C27H31N3O5/c1-27(26(32)28-15-22-5-4-12-35-22)17-29-23-14-21(34-3)11-8-19(23)13-24(29)25(31)30(27)16-18-6-9-20(33-2)10-7-18/h6-11,13-14,22H,4-5,12,15-17H2,1-3H3,(H,28,32). The van der Waals surface area contributed by atoms with Gasteiger partial charge < -0.3 is 29.0 Å². The van der Waals surface area contributed by atoms with Gasteiger partial charge in [-0.05, 0) is 55.7 Å². The summed E-state index contributed by atoms with van der Waals surface area (Å²) in [5, 5.41) is 4.00. The molecule has 0 aliphatic carbocycles. The maximum Gasteiger partial charge on any atom is 0.271 e. The van der Waals surface area contributed by atoms with Gasteiger partial charge in [0.1, 0.15) is 22.7 Å². The first-order chi connectivity index (χ1) is 16.9. The van der Waals surface area contributed by atoms with Crippen LogP contribution in [0.1, 0.15) is 35.8 Å². The van der Waals surface area contributed by atoms with Gasteiger partial charge in [-0.15, -0.1) is 0 Å². The van der Waals surface area contributed by atoms with E-state index >= 15 is 0 Å². The molecule has 1 N–H and O–H groups in total. The van der Waals surface area contributed by atoms with Gasteiger partial charge in [0.25, 0.3) is 5.91 Å². The molecule has 0 spiro atoms. The fraction of sp³-hybridized carbons (Fsp3) is 0.407. The van der Waals surface area contributed by atoms with Crippen LogP contribution in [0.2, 0.25) is 0 Å². The SMILES string of the molecule is COc1ccc(CN2C(=O)c3cc4ccc(OC)cc4n3CC2(C)C(=O)NCC2CCCO2)cc1. The Morgan fingerprint density at radius 1 is 1.11 bits per heavy atom. The average Bonchev–Trinajstić information content (AvgIpc) is 3.53.